The average molecular weight is 276 g/mol. The van der Waals surface area contributed by atoms with E-state index >= 15 is 0 Å². The van der Waals surface area contributed by atoms with Gasteiger partial charge in [-0.3, -0.25) is 5.84 Å². The van der Waals surface area contributed by atoms with Crippen molar-refractivity contribution in [3.05, 3.63) is 0 Å². The van der Waals surface area contributed by atoms with Gasteiger partial charge in [-0.15, -0.1) is 11.6 Å². The van der Waals surface area contributed by atoms with Gasteiger partial charge in [-0.2, -0.15) is 0 Å². The zero-order valence-electron chi connectivity index (χ0n) is 6.46. The zero-order valence-corrected chi connectivity index (χ0v) is 9.62. The SMILES string of the molecule is N/N=C/[NH+]=C(N)SCCCCl.[Br-]. The third-order valence-corrected chi connectivity index (χ3v) is 2.01. The van der Waals surface area contributed by atoms with Crippen molar-refractivity contribution in [3.8, 4) is 0 Å². The van der Waals surface area contributed by atoms with Gasteiger partial charge < -0.3 is 22.7 Å². The van der Waals surface area contributed by atoms with Gasteiger partial charge in [0.2, 0.25) is 6.34 Å². The molecule has 0 saturated carbocycles. The predicted octanol–water partition coefficient (Wildman–Crippen LogP) is -4.35. The molecule has 0 amide bonds. The molecule has 0 bridgehead atoms. The van der Waals surface area contributed by atoms with Crippen LogP contribution in [0, 0.1) is 0 Å². The first-order valence-corrected chi connectivity index (χ1v) is 4.62. The first kappa shape index (κ1) is 14.6. The van der Waals surface area contributed by atoms with Crippen LogP contribution in [0.4, 0.5) is 0 Å². The van der Waals surface area contributed by atoms with Gasteiger partial charge in [0.25, 0.3) is 5.17 Å². The van der Waals surface area contributed by atoms with Crippen molar-refractivity contribution in [3.63, 3.8) is 0 Å². The summed E-state index contributed by atoms with van der Waals surface area (Å²) in [6.45, 7) is 0. The Morgan fingerprint density at radius 2 is 2.33 bits per heavy atom. The van der Waals surface area contributed by atoms with Gasteiger partial charge in [0.15, 0.2) is 0 Å². The average Bonchev–Trinajstić information content (AvgIpc) is 2.01. The number of amidine groups is 1. The molecule has 0 aliphatic heterocycles. The third-order valence-electron chi connectivity index (χ3n) is 0.817. The Kier molecular flexibility index (Phi) is 13.4. The van der Waals surface area contributed by atoms with Crippen LogP contribution in [0.2, 0.25) is 0 Å². The second-order valence-corrected chi connectivity index (χ2v) is 3.19. The van der Waals surface area contributed by atoms with E-state index in [0.29, 0.717) is 11.0 Å². The molecular formula is C5H12BrClN4S. The van der Waals surface area contributed by atoms with Crippen molar-refractivity contribution in [2.75, 3.05) is 11.6 Å². The van der Waals surface area contributed by atoms with Crippen LogP contribution in [-0.2, 0) is 0 Å². The fourth-order valence-electron chi connectivity index (χ4n) is 0.379. The lowest BCUT2D eigenvalue weighted by Crippen LogP contribution is -3.00. The number of nitrogens with zero attached hydrogens (tertiary/aromatic N) is 1. The number of nitrogens with two attached hydrogens (primary N) is 2. The zero-order chi connectivity index (χ0) is 8.53. The fraction of sp³-hybridized carbons (Fsp3) is 0.600. The van der Waals surface area contributed by atoms with E-state index in [0.717, 1.165) is 12.2 Å². The molecule has 0 rings (SSSR count). The largest absolute Gasteiger partial charge is 1.00 e. The van der Waals surface area contributed by atoms with Crippen molar-refractivity contribution in [2.45, 2.75) is 6.42 Å². The van der Waals surface area contributed by atoms with Crippen molar-refractivity contribution < 1.29 is 22.0 Å². The van der Waals surface area contributed by atoms with Gasteiger partial charge in [-0.1, -0.05) is 11.8 Å². The van der Waals surface area contributed by atoms with Crippen LogP contribution >= 0.6 is 23.4 Å². The molecule has 0 aromatic carbocycles. The van der Waals surface area contributed by atoms with Crippen LogP contribution in [0.5, 0.6) is 0 Å². The molecule has 0 aromatic rings. The summed E-state index contributed by atoms with van der Waals surface area (Å²) in [5.41, 5.74) is 5.48. The van der Waals surface area contributed by atoms with Crippen molar-refractivity contribution in [1.29, 1.82) is 0 Å². The molecule has 0 aliphatic rings. The van der Waals surface area contributed by atoms with Gasteiger partial charge >= 0.3 is 0 Å². The third kappa shape index (κ3) is 10.1. The van der Waals surface area contributed by atoms with Crippen LogP contribution in [0.15, 0.2) is 5.10 Å². The summed E-state index contributed by atoms with van der Waals surface area (Å²) in [4.78, 5) is 2.69. The summed E-state index contributed by atoms with van der Waals surface area (Å²) < 4.78 is 0. The molecular weight excluding hydrogens is 264 g/mol. The van der Waals surface area contributed by atoms with E-state index in [2.05, 4.69) is 10.1 Å². The van der Waals surface area contributed by atoms with E-state index in [1.54, 1.807) is 0 Å². The molecule has 0 unspecified atom stereocenters. The highest BCUT2D eigenvalue weighted by atomic mass is 79.9. The summed E-state index contributed by atoms with van der Waals surface area (Å²) >= 11 is 6.95. The molecule has 0 aliphatic carbocycles. The lowest BCUT2D eigenvalue weighted by molar-refractivity contribution is -0.301. The number of thioether (sulfide) groups is 1. The maximum absolute atomic E-state index is 5.48. The van der Waals surface area contributed by atoms with Gasteiger partial charge in [0.05, 0.1) is 0 Å². The molecule has 0 saturated heterocycles. The molecule has 4 nitrogen and oxygen atoms in total. The van der Waals surface area contributed by atoms with Crippen molar-refractivity contribution >= 4 is 34.9 Å². The monoisotopic (exact) mass is 274 g/mol. The van der Waals surface area contributed by atoms with Crippen LogP contribution in [-0.4, -0.2) is 23.1 Å². The Balaban J connectivity index is 0. The van der Waals surface area contributed by atoms with Crippen molar-refractivity contribution in [2.24, 2.45) is 16.7 Å². The van der Waals surface area contributed by atoms with Crippen molar-refractivity contribution in [1.82, 2.24) is 0 Å². The normalized spacial score (nSPS) is 11.6. The summed E-state index contributed by atoms with van der Waals surface area (Å²) in [6.07, 6.45) is 2.28. The highest BCUT2D eigenvalue weighted by molar-refractivity contribution is 8.13. The lowest BCUT2D eigenvalue weighted by atomic mass is 10.6. The molecule has 0 aromatic heterocycles. The fourth-order valence-corrected chi connectivity index (χ4v) is 1.32. The Bertz CT molecular complexity index is 152. The second-order valence-electron chi connectivity index (χ2n) is 1.68. The smallest absolute Gasteiger partial charge is 0.252 e. The number of hydrazone groups is 1. The number of alkyl halides is 1. The molecule has 0 radical (unpaired) electrons. The Hall–Kier alpha value is 0.0600. The minimum Gasteiger partial charge on any atom is -1.00 e. The predicted molar refractivity (Wildman–Crippen MR) is 50.6 cm³/mol. The summed E-state index contributed by atoms with van der Waals surface area (Å²) in [7, 11) is 0. The molecule has 0 atom stereocenters. The van der Waals surface area contributed by atoms with E-state index in [1.807, 2.05) is 0 Å². The Morgan fingerprint density at radius 1 is 1.67 bits per heavy atom. The minimum atomic E-state index is 0. The van der Waals surface area contributed by atoms with Crippen LogP contribution in [0.1, 0.15) is 6.42 Å². The Labute approximate surface area is 91.6 Å². The molecule has 7 heteroatoms. The van der Waals surface area contributed by atoms with E-state index < -0.39 is 0 Å². The topological polar surface area (TPSA) is 78.4 Å². The Morgan fingerprint density at radius 3 is 2.83 bits per heavy atom. The number of halogens is 2. The lowest BCUT2D eigenvalue weighted by Gasteiger charge is -1.91. The maximum Gasteiger partial charge on any atom is 0.252 e. The molecule has 12 heavy (non-hydrogen) atoms. The van der Waals surface area contributed by atoms with Crippen LogP contribution < -0.4 is 33.6 Å². The van der Waals surface area contributed by atoms with E-state index in [1.165, 1.54) is 18.1 Å². The molecule has 0 fully saturated rings. The van der Waals surface area contributed by atoms with Crippen LogP contribution in [0.25, 0.3) is 0 Å². The molecule has 0 heterocycles. The molecule has 72 valence electrons. The quantitative estimate of drug-likeness (QED) is 0.121. The van der Waals surface area contributed by atoms with Gasteiger partial charge in [-0.05, 0) is 11.5 Å². The van der Waals surface area contributed by atoms with Gasteiger partial charge in [-0.25, -0.2) is 4.99 Å². The first-order chi connectivity index (χ1) is 5.31. The highest BCUT2D eigenvalue weighted by Gasteiger charge is 1.94. The number of hydrogen-bond donors (Lipinski definition) is 3. The summed E-state index contributed by atoms with van der Waals surface area (Å²) in [5.74, 6) is 6.40. The summed E-state index contributed by atoms with van der Waals surface area (Å²) in [6, 6.07) is 0. The van der Waals surface area contributed by atoms with Gasteiger partial charge in [0, 0.05) is 11.6 Å². The first-order valence-electron chi connectivity index (χ1n) is 3.10. The van der Waals surface area contributed by atoms with Crippen LogP contribution in [0.3, 0.4) is 0 Å². The number of hydrogen-bond acceptors (Lipinski definition) is 3. The molecule has 0 spiro atoms. The number of rotatable bonds is 4. The van der Waals surface area contributed by atoms with E-state index in [9.17, 15) is 0 Å². The molecule has 5 N–H and O–H groups in total. The highest BCUT2D eigenvalue weighted by Crippen LogP contribution is 1.98. The van der Waals surface area contributed by atoms with E-state index in [-0.39, 0.29) is 17.0 Å². The van der Waals surface area contributed by atoms with Gasteiger partial charge in [0.1, 0.15) is 0 Å². The maximum atomic E-state index is 5.48. The second kappa shape index (κ2) is 11.1. The minimum absolute atomic E-state index is 0. The summed E-state index contributed by atoms with van der Waals surface area (Å²) in [5, 5.41) is 3.81. The standard InChI is InChI=1S/C5H11ClN4S.BrH/c6-2-1-3-11-5(7)9-4-10-8;/h4H,1-3,8H2,(H2,7,9,10);1H. The van der Waals surface area contributed by atoms with E-state index in [4.69, 9.17) is 23.2 Å². The number of nitrogens with one attached hydrogen (secondary N) is 1.